The predicted molar refractivity (Wildman–Crippen MR) is 122 cm³/mol. The minimum Gasteiger partial charge on any atom is -0.505 e. The molecule has 0 aliphatic heterocycles. The van der Waals surface area contributed by atoms with Crippen molar-refractivity contribution in [2.75, 3.05) is 19.5 Å². The standard InChI is InChI=1S/C25H25N3O3/c1-15-7-5-10-21(26-15)28-23(19-8-6-9-20(30-3)25(19)31-4)18-14-13-17-12-11-16(2)27-22(17)24(18)29/h5-14,23,29H,1-4H3,(H,26,28)/t23-/m1/s1. The molecule has 0 spiro atoms. The summed E-state index contributed by atoms with van der Waals surface area (Å²) in [6.07, 6.45) is 0. The molecular formula is C25H25N3O3. The summed E-state index contributed by atoms with van der Waals surface area (Å²) in [7, 11) is 3.21. The highest BCUT2D eigenvalue weighted by Gasteiger charge is 2.25. The zero-order valence-corrected chi connectivity index (χ0v) is 18.0. The molecule has 2 N–H and O–H groups in total. The van der Waals surface area contributed by atoms with Gasteiger partial charge < -0.3 is 19.9 Å². The maximum atomic E-state index is 11.2. The van der Waals surface area contributed by atoms with Crippen molar-refractivity contribution in [3.8, 4) is 17.2 Å². The molecule has 0 amide bonds. The molecule has 0 aliphatic rings. The van der Waals surface area contributed by atoms with Crippen molar-refractivity contribution < 1.29 is 14.6 Å². The Bertz CT molecular complexity index is 1240. The lowest BCUT2D eigenvalue weighted by Gasteiger charge is -2.24. The van der Waals surface area contributed by atoms with Crippen LogP contribution in [0.25, 0.3) is 10.9 Å². The predicted octanol–water partition coefficient (Wildman–Crippen LogP) is 5.17. The Morgan fingerprint density at radius 3 is 2.29 bits per heavy atom. The largest absolute Gasteiger partial charge is 0.505 e. The first kappa shape index (κ1) is 20.5. The van der Waals surface area contributed by atoms with E-state index in [0.717, 1.165) is 22.3 Å². The van der Waals surface area contributed by atoms with Crippen molar-refractivity contribution in [3.63, 3.8) is 0 Å². The number of nitrogens with zero attached hydrogens (tertiary/aromatic N) is 2. The molecule has 0 saturated heterocycles. The molecule has 4 aromatic rings. The third-order valence-electron chi connectivity index (χ3n) is 5.24. The topological polar surface area (TPSA) is 76.5 Å². The Balaban J connectivity index is 1.93. The summed E-state index contributed by atoms with van der Waals surface area (Å²) < 4.78 is 11.2. The quantitative estimate of drug-likeness (QED) is 0.452. The molecular weight excluding hydrogens is 390 g/mol. The first-order valence-electron chi connectivity index (χ1n) is 10.0. The molecule has 31 heavy (non-hydrogen) atoms. The summed E-state index contributed by atoms with van der Waals surface area (Å²) in [5.74, 6) is 2.01. The summed E-state index contributed by atoms with van der Waals surface area (Å²) in [5, 5.41) is 15.6. The van der Waals surface area contributed by atoms with Crippen molar-refractivity contribution >= 4 is 16.7 Å². The van der Waals surface area contributed by atoms with Crippen LogP contribution < -0.4 is 14.8 Å². The molecule has 6 heteroatoms. The Labute approximate surface area is 181 Å². The number of rotatable bonds is 6. The number of anilines is 1. The normalized spacial score (nSPS) is 11.9. The van der Waals surface area contributed by atoms with Crippen LogP contribution in [0.15, 0.2) is 60.7 Å². The van der Waals surface area contributed by atoms with Gasteiger partial charge in [-0.1, -0.05) is 36.4 Å². The van der Waals surface area contributed by atoms with Gasteiger partial charge >= 0.3 is 0 Å². The number of fused-ring (bicyclic) bond motifs is 1. The number of aromatic hydroxyl groups is 1. The van der Waals surface area contributed by atoms with Gasteiger partial charge in [0, 0.05) is 27.9 Å². The summed E-state index contributed by atoms with van der Waals surface area (Å²) in [5.41, 5.74) is 3.77. The van der Waals surface area contributed by atoms with E-state index in [0.29, 0.717) is 28.4 Å². The molecule has 2 aromatic heterocycles. The third-order valence-corrected chi connectivity index (χ3v) is 5.24. The number of ether oxygens (including phenoxy) is 2. The summed E-state index contributed by atoms with van der Waals surface area (Å²) in [6.45, 7) is 3.84. The molecule has 0 radical (unpaired) electrons. The number of benzene rings is 2. The van der Waals surface area contributed by atoms with Crippen LogP contribution >= 0.6 is 0 Å². The second-order valence-corrected chi connectivity index (χ2v) is 7.35. The van der Waals surface area contributed by atoms with Gasteiger partial charge in [-0.3, -0.25) is 0 Å². The number of nitrogens with one attached hydrogen (secondary N) is 1. The number of pyridine rings is 2. The van der Waals surface area contributed by atoms with E-state index < -0.39 is 6.04 Å². The van der Waals surface area contributed by atoms with Crippen molar-refractivity contribution in [1.82, 2.24) is 9.97 Å². The van der Waals surface area contributed by atoms with E-state index in [1.54, 1.807) is 14.2 Å². The fraction of sp³-hybridized carbons (Fsp3) is 0.200. The van der Waals surface area contributed by atoms with Crippen LogP contribution in [0, 0.1) is 13.8 Å². The van der Waals surface area contributed by atoms with Crippen LogP contribution in [-0.2, 0) is 0 Å². The lowest BCUT2D eigenvalue weighted by atomic mass is 9.95. The zero-order valence-electron chi connectivity index (χ0n) is 18.0. The van der Waals surface area contributed by atoms with Crippen LogP contribution in [0.4, 0.5) is 5.82 Å². The summed E-state index contributed by atoms with van der Waals surface area (Å²) in [6, 6.07) is 18.8. The van der Waals surface area contributed by atoms with Gasteiger partial charge in [-0.2, -0.15) is 0 Å². The van der Waals surface area contributed by atoms with Gasteiger partial charge in [0.05, 0.1) is 20.3 Å². The van der Waals surface area contributed by atoms with Gasteiger partial charge in [0.15, 0.2) is 11.5 Å². The SMILES string of the molecule is COc1cccc([C@H](Nc2cccc(C)n2)c2ccc3ccc(C)nc3c2O)c1OC. The number of phenols is 1. The number of aryl methyl sites for hydroxylation is 2. The minimum absolute atomic E-state index is 0.122. The molecule has 0 unspecified atom stereocenters. The Kier molecular flexibility index (Phi) is 5.62. The average Bonchev–Trinajstić information content (AvgIpc) is 2.78. The van der Waals surface area contributed by atoms with E-state index in [1.807, 2.05) is 74.5 Å². The number of methoxy groups -OCH3 is 2. The molecule has 2 aromatic carbocycles. The average molecular weight is 415 g/mol. The molecule has 0 saturated carbocycles. The Morgan fingerprint density at radius 2 is 1.55 bits per heavy atom. The molecule has 6 nitrogen and oxygen atoms in total. The number of hydrogen-bond acceptors (Lipinski definition) is 6. The summed E-state index contributed by atoms with van der Waals surface area (Å²) in [4.78, 5) is 9.15. The summed E-state index contributed by atoms with van der Waals surface area (Å²) >= 11 is 0. The number of aromatic nitrogens is 2. The monoisotopic (exact) mass is 415 g/mol. The highest BCUT2D eigenvalue weighted by molar-refractivity contribution is 5.86. The van der Waals surface area contributed by atoms with Crippen molar-refractivity contribution in [2.45, 2.75) is 19.9 Å². The first-order valence-corrected chi connectivity index (χ1v) is 10.0. The highest BCUT2D eigenvalue weighted by Crippen LogP contribution is 2.42. The van der Waals surface area contributed by atoms with Crippen LogP contribution in [0.3, 0.4) is 0 Å². The van der Waals surface area contributed by atoms with Crippen LogP contribution in [0.2, 0.25) is 0 Å². The Morgan fingerprint density at radius 1 is 0.806 bits per heavy atom. The van der Waals surface area contributed by atoms with Crippen LogP contribution in [0.1, 0.15) is 28.6 Å². The van der Waals surface area contributed by atoms with Gasteiger partial charge in [-0.15, -0.1) is 0 Å². The van der Waals surface area contributed by atoms with Crippen molar-refractivity contribution in [1.29, 1.82) is 0 Å². The Hall–Kier alpha value is -3.80. The van der Waals surface area contributed by atoms with Crippen LogP contribution in [0.5, 0.6) is 17.2 Å². The van der Waals surface area contributed by atoms with E-state index in [4.69, 9.17) is 9.47 Å². The number of para-hydroxylation sites is 1. The fourth-order valence-corrected chi connectivity index (χ4v) is 3.75. The third kappa shape index (κ3) is 3.97. The van der Waals surface area contributed by atoms with E-state index in [2.05, 4.69) is 15.3 Å². The molecule has 158 valence electrons. The second kappa shape index (κ2) is 8.52. The van der Waals surface area contributed by atoms with E-state index in [-0.39, 0.29) is 5.75 Å². The molecule has 0 bridgehead atoms. The molecule has 1 atom stereocenters. The number of phenolic OH excluding ortho intramolecular Hbond substituents is 1. The van der Waals surface area contributed by atoms with E-state index in [9.17, 15) is 5.11 Å². The fourth-order valence-electron chi connectivity index (χ4n) is 3.75. The second-order valence-electron chi connectivity index (χ2n) is 7.35. The molecule has 0 fully saturated rings. The van der Waals surface area contributed by atoms with Gasteiger partial charge in [0.1, 0.15) is 17.1 Å². The maximum absolute atomic E-state index is 11.2. The number of hydrogen-bond donors (Lipinski definition) is 2. The first-order chi connectivity index (χ1) is 15.0. The molecule has 4 rings (SSSR count). The zero-order chi connectivity index (χ0) is 22.0. The smallest absolute Gasteiger partial charge is 0.166 e. The minimum atomic E-state index is -0.453. The maximum Gasteiger partial charge on any atom is 0.166 e. The van der Waals surface area contributed by atoms with Crippen molar-refractivity contribution in [3.05, 3.63) is 83.2 Å². The van der Waals surface area contributed by atoms with Gasteiger partial charge in [0.25, 0.3) is 0 Å². The van der Waals surface area contributed by atoms with Gasteiger partial charge in [-0.05, 0) is 38.1 Å². The lowest BCUT2D eigenvalue weighted by Crippen LogP contribution is -2.15. The molecule has 2 heterocycles. The van der Waals surface area contributed by atoms with Crippen molar-refractivity contribution in [2.24, 2.45) is 0 Å². The lowest BCUT2D eigenvalue weighted by molar-refractivity contribution is 0.351. The highest BCUT2D eigenvalue weighted by atomic mass is 16.5. The van der Waals surface area contributed by atoms with Gasteiger partial charge in [-0.25, -0.2) is 9.97 Å². The van der Waals surface area contributed by atoms with Crippen LogP contribution in [-0.4, -0.2) is 29.3 Å². The van der Waals surface area contributed by atoms with Gasteiger partial charge in [0.2, 0.25) is 0 Å². The van der Waals surface area contributed by atoms with E-state index in [1.165, 1.54) is 0 Å². The molecule has 0 aliphatic carbocycles. The van der Waals surface area contributed by atoms with E-state index >= 15 is 0 Å².